The number of benzene rings is 1. The van der Waals surface area contributed by atoms with Crippen LogP contribution in [0.25, 0.3) is 0 Å². The van der Waals surface area contributed by atoms with Crippen LogP contribution in [-0.4, -0.2) is 31.3 Å². The van der Waals surface area contributed by atoms with Crippen LogP contribution in [0.1, 0.15) is 32.8 Å². The molecule has 0 saturated heterocycles. The van der Waals surface area contributed by atoms with Gasteiger partial charge in [0.05, 0.1) is 7.11 Å². The van der Waals surface area contributed by atoms with E-state index >= 15 is 0 Å². The van der Waals surface area contributed by atoms with Crippen molar-refractivity contribution in [2.24, 2.45) is 0 Å². The van der Waals surface area contributed by atoms with Gasteiger partial charge in [0.15, 0.2) is 6.61 Å². The molecule has 0 N–H and O–H groups in total. The van der Waals surface area contributed by atoms with Crippen molar-refractivity contribution in [3.05, 3.63) is 29.8 Å². The molecule has 0 atom stereocenters. The van der Waals surface area contributed by atoms with Gasteiger partial charge in [-0.15, -0.1) is 0 Å². The molecule has 0 spiro atoms. The van der Waals surface area contributed by atoms with Gasteiger partial charge in [0.25, 0.3) is 0 Å². The van der Waals surface area contributed by atoms with Gasteiger partial charge in [-0.25, -0.2) is 4.79 Å². The first kappa shape index (κ1) is 17.0. The molecule has 0 unspecified atom stereocenters. The maximum atomic E-state index is 11.6. The minimum absolute atomic E-state index is 0.117. The van der Waals surface area contributed by atoms with Crippen LogP contribution in [0.2, 0.25) is 0 Å². The van der Waals surface area contributed by atoms with Gasteiger partial charge in [0.1, 0.15) is 11.4 Å². The Hall–Kier alpha value is -2.04. The fourth-order valence-corrected chi connectivity index (χ4v) is 1.59. The van der Waals surface area contributed by atoms with E-state index in [1.165, 1.54) is 7.11 Å². The lowest BCUT2D eigenvalue weighted by Gasteiger charge is -2.19. The summed E-state index contributed by atoms with van der Waals surface area (Å²) in [5.41, 5.74) is 0.550. The Morgan fingerprint density at radius 3 is 2.19 bits per heavy atom. The van der Waals surface area contributed by atoms with Gasteiger partial charge in [-0.3, -0.25) is 4.79 Å². The summed E-state index contributed by atoms with van der Waals surface area (Å²) in [5, 5.41) is 0. The highest BCUT2D eigenvalue weighted by molar-refractivity contribution is 5.71. The second kappa shape index (κ2) is 7.67. The number of rotatable bonds is 6. The quantitative estimate of drug-likeness (QED) is 0.754. The predicted octanol–water partition coefficient (Wildman–Crippen LogP) is 2.51. The van der Waals surface area contributed by atoms with Gasteiger partial charge < -0.3 is 14.2 Å². The molecule has 1 aromatic carbocycles. The molecule has 0 heterocycles. The molecule has 0 aliphatic carbocycles. The molecule has 116 valence electrons. The molecule has 0 saturated carbocycles. The maximum absolute atomic E-state index is 11.6. The maximum Gasteiger partial charge on any atom is 0.343 e. The van der Waals surface area contributed by atoms with Gasteiger partial charge in [0.2, 0.25) is 0 Å². The summed E-state index contributed by atoms with van der Waals surface area (Å²) in [7, 11) is 1.31. The normalized spacial score (nSPS) is 10.9. The number of methoxy groups -OCH3 is 1. The van der Waals surface area contributed by atoms with E-state index in [1.807, 2.05) is 32.9 Å². The zero-order valence-electron chi connectivity index (χ0n) is 13.0. The minimum Gasteiger partial charge on any atom is -0.482 e. The third kappa shape index (κ3) is 7.34. The zero-order valence-corrected chi connectivity index (χ0v) is 13.0. The summed E-state index contributed by atoms with van der Waals surface area (Å²) in [6.07, 6.45) is 0.936. The Labute approximate surface area is 125 Å². The number of carbonyl (C=O) groups excluding carboxylic acids is 2. The average molecular weight is 294 g/mol. The molecule has 0 amide bonds. The summed E-state index contributed by atoms with van der Waals surface area (Å²) < 4.78 is 15.0. The van der Waals surface area contributed by atoms with Gasteiger partial charge >= 0.3 is 11.9 Å². The summed E-state index contributed by atoms with van der Waals surface area (Å²) in [6, 6.07) is 7.23. The zero-order chi connectivity index (χ0) is 15.9. The van der Waals surface area contributed by atoms with Crippen molar-refractivity contribution in [3.8, 4) is 5.75 Å². The lowest BCUT2D eigenvalue weighted by Crippen LogP contribution is -2.23. The summed E-state index contributed by atoms with van der Waals surface area (Å²) in [4.78, 5) is 22.6. The van der Waals surface area contributed by atoms with Gasteiger partial charge in [-0.2, -0.15) is 0 Å². The Morgan fingerprint density at radius 2 is 1.67 bits per heavy atom. The van der Waals surface area contributed by atoms with Crippen molar-refractivity contribution in [1.82, 2.24) is 0 Å². The second-order valence-corrected chi connectivity index (χ2v) is 5.60. The summed E-state index contributed by atoms with van der Waals surface area (Å²) >= 11 is 0. The van der Waals surface area contributed by atoms with E-state index in [2.05, 4.69) is 4.74 Å². The molecule has 0 fully saturated rings. The Balaban J connectivity index is 2.41. The molecular weight excluding hydrogens is 272 g/mol. The third-order valence-corrected chi connectivity index (χ3v) is 2.55. The molecule has 0 radical (unpaired) electrons. The number of hydrogen-bond donors (Lipinski definition) is 0. The van der Waals surface area contributed by atoms with Crippen molar-refractivity contribution in [1.29, 1.82) is 0 Å². The number of esters is 2. The second-order valence-electron chi connectivity index (χ2n) is 5.60. The Morgan fingerprint density at radius 1 is 1.05 bits per heavy atom. The SMILES string of the molecule is COC(=O)COc1ccc(CCC(=O)OC(C)(C)C)cc1. The van der Waals surface area contributed by atoms with Crippen molar-refractivity contribution in [2.45, 2.75) is 39.2 Å². The van der Waals surface area contributed by atoms with E-state index in [4.69, 9.17) is 9.47 Å². The van der Waals surface area contributed by atoms with E-state index in [9.17, 15) is 9.59 Å². The highest BCUT2D eigenvalue weighted by Gasteiger charge is 2.15. The minimum atomic E-state index is -0.456. The molecule has 0 aromatic heterocycles. The van der Waals surface area contributed by atoms with Crippen molar-refractivity contribution < 1.29 is 23.8 Å². The monoisotopic (exact) mass is 294 g/mol. The molecule has 1 rings (SSSR count). The average Bonchev–Trinajstić information content (AvgIpc) is 2.41. The summed E-state index contributed by atoms with van der Waals surface area (Å²) in [5.74, 6) is -0.0565. The van der Waals surface area contributed by atoms with Crippen molar-refractivity contribution in [3.63, 3.8) is 0 Å². The van der Waals surface area contributed by atoms with Crippen LogP contribution in [0.15, 0.2) is 24.3 Å². The lowest BCUT2D eigenvalue weighted by molar-refractivity contribution is -0.154. The molecular formula is C16H22O5. The Kier molecular flexibility index (Phi) is 6.21. The smallest absolute Gasteiger partial charge is 0.343 e. The molecule has 0 aliphatic heterocycles. The van der Waals surface area contributed by atoms with Gasteiger partial charge in [0, 0.05) is 6.42 Å². The van der Waals surface area contributed by atoms with Crippen LogP contribution in [0.5, 0.6) is 5.75 Å². The number of aryl methyl sites for hydroxylation is 1. The molecule has 21 heavy (non-hydrogen) atoms. The third-order valence-electron chi connectivity index (χ3n) is 2.55. The fraction of sp³-hybridized carbons (Fsp3) is 0.500. The standard InChI is InChI=1S/C16H22O5/c1-16(2,3)21-14(17)10-7-12-5-8-13(9-6-12)20-11-15(18)19-4/h5-6,8-9H,7,10-11H2,1-4H3. The van der Waals surface area contributed by atoms with E-state index < -0.39 is 11.6 Å². The van der Waals surface area contributed by atoms with Gasteiger partial charge in [-0.1, -0.05) is 12.1 Å². The number of ether oxygens (including phenoxy) is 3. The largest absolute Gasteiger partial charge is 0.482 e. The van der Waals surface area contributed by atoms with Crippen LogP contribution in [0, 0.1) is 0 Å². The van der Waals surface area contributed by atoms with Crippen molar-refractivity contribution >= 4 is 11.9 Å². The van der Waals surface area contributed by atoms with Gasteiger partial charge in [-0.05, 0) is 44.9 Å². The molecule has 0 aliphatic rings. The first-order chi connectivity index (χ1) is 9.80. The molecule has 5 nitrogen and oxygen atoms in total. The highest BCUT2D eigenvalue weighted by atomic mass is 16.6. The van der Waals surface area contributed by atoms with Crippen LogP contribution in [-0.2, 0) is 25.5 Å². The first-order valence-corrected chi connectivity index (χ1v) is 6.80. The Bertz CT molecular complexity index is 470. The van der Waals surface area contributed by atoms with Crippen molar-refractivity contribution in [2.75, 3.05) is 13.7 Å². The number of carbonyl (C=O) groups is 2. The van der Waals surface area contributed by atoms with E-state index in [1.54, 1.807) is 12.1 Å². The van der Waals surface area contributed by atoms with E-state index in [0.29, 0.717) is 18.6 Å². The first-order valence-electron chi connectivity index (χ1n) is 6.80. The lowest BCUT2D eigenvalue weighted by atomic mass is 10.1. The van der Waals surface area contributed by atoms with Crippen LogP contribution in [0.4, 0.5) is 0 Å². The van der Waals surface area contributed by atoms with E-state index in [0.717, 1.165) is 5.56 Å². The van der Waals surface area contributed by atoms with Crippen LogP contribution in [0.3, 0.4) is 0 Å². The number of hydrogen-bond acceptors (Lipinski definition) is 5. The van der Waals surface area contributed by atoms with E-state index in [-0.39, 0.29) is 12.6 Å². The van der Waals surface area contributed by atoms with Crippen LogP contribution >= 0.6 is 0 Å². The topological polar surface area (TPSA) is 61.8 Å². The fourth-order valence-electron chi connectivity index (χ4n) is 1.59. The summed E-state index contributed by atoms with van der Waals surface area (Å²) in [6.45, 7) is 5.42. The van der Waals surface area contributed by atoms with Crippen LogP contribution < -0.4 is 4.74 Å². The highest BCUT2D eigenvalue weighted by Crippen LogP contribution is 2.15. The predicted molar refractivity (Wildman–Crippen MR) is 78.1 cm³/mol. The molecule has 0 bridgehead atoms. The molecule has 1 aromatic rings. The molecule has 5 heteroatoms.